The number of ether oxygens (including phenoxy) is 1. The summed E-state index contributed by atoms with van der Waals surface area (Å²) in [7, 11) is 0. The maximum Gasteiger partial charge on any atom is 0.316 e. The van der Waals surface area contributed by atoms with Crippen LogP contribution >= 0.6 is 23.4 Å². The Morgan fingerprint density at radius 3 is 2.45 bits per heavy atom. The van der Waals surface area contributed by atoms with Crippen molar-refractivity contribution in [2.24, 2.45) is 0 Å². The number of benzene rings is 1. The number of anilines is 1. The molecule has 1 aromatic carbocycles. The summed E-state index contributed by atoms with van der Waals surface area (Å²) in [6.07, 6.45) is 0. The maximum atomic E-state index is 11.6. The fourth-order valence-corrected chi connectivity index (χ4v) is 1.92. The second-order valence-corrected chi connectivity index (χ2v) is 5.33. The van der Waals surface area contributed by atoms with E-state index >= 15 is 0 Å². The van der Waals surface area contributed by atoms with Crippen LogP contribution in [-0.4, -0.2) is 35.8 Å². The van der Waals surface area contributed by atoms with Crippen molar-refractivity contribution >= 4 is 46.7 Å². The van der Waals surface area contributed by atoms with Crippen LogP contribution in [0.4, 0.5) is 5.69 Å². The van der Waals surface area contributed by atoms with Gasteiger partial charge in [-0.15, -0.1) is 11.8 Å². The summed E-state index contributed by atoms with van der Waals surface area (Å²) in [5, 5.41) is 3.26. The Hall–Kier alpha value is -1.53. The quantitative estimate of drug-likeness (QED) is 0.780. The van der Waals surface area contributed by atoms with E-state index in [1.165, 1.54) is 6.92 Å². The van der Waals surface area contributed by atoms with Crippen molar-refractivity contribution < 1.29 is 19.1 Å². The van der Waals surface area contributed by atoms with Crippen LogP contribution in [0.5, 0.6) is 0 Å². The highest BCUT2D eigenvalue weighted by Crippen LogP contribution is 2.13. The Balaban J connectivity index is 2.21. The van der Waals surface area contributed by atoms with E-state index in [1.54, 1.807) is 24.3 Å². The van der Waals surface area contributed by atoms with Crippen molar-refractivity contribution in [2.45, 2.75) is 6.92 Å². The number of hydrogen-bond acceptors (Lipinski definition) is 5. The molecule has 1 N–H and O–H groups in total. The Bertz CT molecular complexity index is 490. The van der Waals surface area contributed by atoms with Gasteiger partial charge in [-0.1, -0.05) is 11.6 Å². The second-order valence-electron chi connectivity index (χ2n) is 3.91. The van der Waals surface area contributed by atoms with Crippen LogP contribution in [0.1, 0.15) is 6.92 Å². The predicted octanol–water partition coefficient (Wildman–Crippen LogP) is 2.14. The van der Waals surface area contributed by atoms with Gasteiger partial charge in [-0.05, 0) is 31.2 Å². The molecular formula is C13H14ClNO4S. The number of nitrogens with one attached hydrogen (secondary N) is 1. The SMILES string of the molecule is CC(=O)COC(=O)CSCC(=O)Nc1ccc(Cl)cc1. The number of Topliss-reactive ketones (excluding diaryl/α,β-unsaturated/α-hetero) is 1. The minimum Gasteiger partial charge on any atom is -0.457 e. The minimum absolute atomic E-state index is 0.0291. The molecule has 0 bridgehead atoms. The van der Waals surface area contributed by atoms with Crippen molar-refractivity contribution in [3.05, 3.63) is 29.3 Å². The lowest BCUT2D eigenvalue weighted by atomic mass is 10.3. The fourth-order valence-electron chi connectivity index (χ4n) is 1.18. The lowest BCUT2D eigenvalue weighted by Gasteiger charge is -2.05. The Morgan fingerprint density at radius 1 is 1.20 bits per heavy atom. The zero-order chi connectivity index (χ0) is 15.0. The highest BCUT2D eigenvalue weighted by Gasteiger charge is 2.07. The lowest BCUT2D eigenvalue weighted by Crippen LogP contribution is -2.17. The van der Waals surface area contributed by atoms with Crippen molar-refractivity contribution in [3.63, 3.8) is 0 Å². The fraction of sp³-hybridized carbons (Fsp3) is 0.308. The van der Waals surface area contributed by atoms with Gasteiger partial charge in [0, 0.05) is 10.7 Å². The van der Waals surface area contributed by atoms with E-state index < -0.39 is 5.97 Å². The van der Waals surface area contributed by atoms with Gasteiger partial charge in [-0.25, -0.2) is 0 Å². The molecule has 0 aliphatic carbocycles. The monoisotopic (exact) mass is 315 g/mol. The van der Waals surface area contributed by atoms with E-state index in [1.807, 2.05) is 0 Å². The van der Waals surface area contributed by atoms with Crippen LogP contribution in [-0.2, 0) is 19.1 Å². The normalized spacial score (nSPS) is 9.90. The first-order chi connectivity index (χ1) is 9.47. The topological polar surface area (TPSA) is 72.5 Å². The van der Waals surface area contributed by atoms with Crippen LogP contribution in [0.2, 0.25) is 5.02 Å². The number of hydrogen-bond donors (Lipinski definition) is 1. The molecule has 0 aliphatic heterocycles. The summed E-state index contributed by atoms with van der Waals surface area (Å²) in [5.74, 6) is -0.802. The van der Waals surface area contributed by atoms with Crippen LogP contribution in [0.15, 0.2) is 24.3 Å². The third-order valence-corrected chi connectivity index (χ3v) is 3.18. The van der Waals surface area contributed by atoms with Gasteiger partial charge in [0.25, 0.3) is 0 Å². The number of ketones is 1. The number of carbonyl (C=O) groups excluding carboxylic acids is 3. The van der Waals surface area contributed by atoms with Crippen LogP contribution < -0.4 is 5.32 Å². The average molecular weight is 316 g/mol. The first-order valence-corrected chi connectivity index (χ1v) is 7.29. The molecule has 0 fully saturated rings. The molecule has 0 saturated heterocycles. The number of halogens is 1. The van der Waals surface area contributed by atoms with Crippen molar-refractivity contribution in [3.8, 4) is 0 Å². The molecule has 1 aromatic rings. The Labute approximate surface area is 126 Å². The van der Waals surface area contributed by atoms with Crippen LogP contribution in [0.25, 0.3) is 0 Å². The van der Waals surface area contributed by atoms with Crippen LogP contribution in [0, 0.1) is 0 Å². The summed E-state index contributed by atoms with van der Waals surface area (Å²) in [4.78, 5) is 33.4. The number of thioether (sulfide) groups is 1. The zero-order valence-corrected chi connectivity index (χ0v) is 12.4. The van der Waals surface area contributed by atoms with Gasteiger partial charge in [-0.2, -0.15) is 0 Å². The molecule has 1 amide bonds. The molecule has 0 heterocycles. The smallest absolute Gasteiger partial charge is 0.316 e. The molecule has 7 heteroatoms. The van der Waals surface area contributed by atoms with Crippen LogP contribution in [0.3, 0.4) is 0 Å². The molecule has 0 unspecified atom stereocenters. The van der Waals surface area contributed by atoms with Gasteiger partial charge in [0.15, 0.2) is 5.78 Å². The average Bonchev–Trinajstić information content (AvgIpc) is 2.39. The molecule has 0 aliphatic rings. The molecule has 1 rings (SSSR count). The van der Waals surface area contributed by atoms with Gasteiger partial charge < -0.3 is 10.1 Å². The van der Waals surface area contributed by atoms with Gasteiger partial charge in [0.2, 0.25) is 5.91 Å². The van der Waals surface area contributed by atoms with E-state index in [9.17, 15) is 14.4 Å². The number of carbonyl (C=O) groups is 3. The number of amides is 1. The standard InChI is InChI=1S/C13H14ClNO4S/c1-9(16)6-19-13(18)8-20-7-12(17)15-11-4-2-10(14)3-5-11/h2-5H,6-8H2,1H3,(H,15,17). The van der Waals surface area contributed by atoms with E-state index in [4.69, 9.17) is 11.6 Å². The Kier molecular flexibility index (Phi) is 7.11. The van der Waals surface area contributed by atoms with Gasteiger partial charge >= 0.3 is 5.97 Å². The molecule has 0 aromatic heterocycles. The highest BCUT2D eigenvalue weighted by molar-refractivity contribution is 8.00. The number of esters is 1. The van der Waals surface area contributed by atoms with Gasteiger partial charge in [0.1, 0.15) is 6.61 Å². The first kappa shape index (κ1) is 16.5. The van der Waals surface area contributed by atoms with Crippen molar-refractivity contribution in [1.29, 1.82) is 0 Å². The molecule has 108 valence electrons. The molecular weight excluding hydrogens is 302 g/mol. The lowest BCUT2D eigenvalue weighted by molar-refractivity contribution is -0.144. The highest BCUT2D eigenvalue weighted by atomic mass is 35.5. The van der Waals surface area contributed by atoms with Gasteiger partial charge in [0.05, 0.1) is 11.5 Å². The summed E-state index contributed by atoms with van der Waals surface area (Å²) in [6.45, 7) is 1.11. The molecule has 5 nitrogen and oxygen atoms in total. The third kappa shape index (κ3) is 7.16. The molecule has 0 saturated carbocycles. The summed E-state index contributed by atoms with van der Waals surface area (Å²) >= 11 is 6.85. The first-order valence-electron chi connectivity index (χ1n) is 5.75. The van der Waals surface area contributed by atoms with Crippen molar-refractivity contribution in [2.75, 3.05) is 23.4 Å². The maximum absolute atomic E-state index is 11.6. The molecule has 20 heavy (non-hydrogen) atoms. The molecule has 0 spiro atoms. The van der Waals surface area contributed by atoms with E-state index in [0.717, 1.165) is 11.8 Å². The Morgan fingerprint density at radius 2 is 1.85 bits per heavy atom. The second kappa shape index (κ2) is 8.60. The summed E-state index contributed by atoms with van der Waals surface area (Å²) < 4.78 is 4.66. The molecule has 0 radical (unpaired) electrons. The van der Waals surface area contributed by atoms with Crippen molar-refractivity contribution in [1.82, 2.24) is 0 Å². The zero-order valence-electron chi connectivity index (χ0n) is 10.8. The van der Waals surface area contributed by atoms with E-state index in [0.29, 0.717) is 10.7 Å². The largest absolute Gasteiger partial charge is 0.457 e. The van der Waals surface area contributed by atoms with E-state index in [2.05, 4.69) is 10.1 Å². The summed E-state index contributed by atoms with van der Waals surface area (Å²) in [6, 6.07) is 6.71. The minimum atomic E-state index is -0.510. The van der Waals surface area contributed by atoms with E-state index in [-0.39, 0.29) is 29.8 Å². The van der Waals surface area contributed by atoms with Gasteiger partial charge in [-0.3, -0.25) is 14.4 Å². The molecule has 0 atom stereocenters. The predicted molar refractivity (Wildman–Crippen MR) is 79.0 cm³/mol. The number of rotatable bonds is 7. The summed E-state index contributed by atoms with van der Waals surface area (Å²) in [5.41, 5.74) is 0.638. The third-order valence-electron chi connectivity index (χ3n) is 2.02.